The van der Waals surface area contributed by atoms with E-state index in [1.165, 1.54) is 0 Å². The summed E-state index contributed by atoms with van der Waals surface area (Å²) >= 11 is 6.28. The van der Waals surface area contributed by atoms with Gasteiger partial charge in [0.2, 0.25) is 11.9 Å². The Hall–Kier alpha value is -2.66. The first kappa shape index (κ1) is 17.7. The van der Waals surface area contributed by atoms with Gasteiger partial charge in [-0.05, 0) is 19.8 Å². The van der Waals surface area contributed by atoms with E-state index in [0.29, 0.717) is 31.3 Å². The van der Waals surface area contributed by atoms with Crippen molar-refractivity contribution in [1.29, 1.82) is 5.26 Å². The SMILES string of the molecule is C[C@@H]1CN(c2nc(Cl)c(C#N)c(-c3cnn(C)c3)n2)CCN1C(=O)C1CC1. The van der Waals surface area contributed by atoms with E-state index in [1.807, 2.05) is 16.7 Å². The Morgan fingerprint density at radius 3 is 2.70 bits per heavy atom. The zero-order chi connectivity index (χ0) is 19.1. The van der Waals surface area contributed by atoms with Gasteiger partial charge in [-0.1, -0.05) is 11.6 Å². The molecule has 3 heterocycles. The van der Waals surface area contributed by atoms with Crippen molar-refractivity contribution in [3.8, 4) is 17.3 Å². The van der Waals surface area contributed by atoms with Crippen LogP contribution >= 0.6 is 11.6 Å². The molecule has 0 bridgehead atoms. The van der Waals surface area contributed by atoms with Gasteiger partial charge < -0.3 is 9.80 Å². The van der Waals surface area contributed by atoms with Gasteiger partial charge in [-0.25, -0.2) is 4.98 Å². The molecule has 1 saturated carbocycles. The highest BCUT2D eigenvalue weighted by Crippen LogP contribution is 2.33. The lowest BCUT2D eigenvalue weighted by Crippen LogP contribution is -2.55. The number of piperazine rings is 1. The molecule has 1 amide bonds. The summed E-state index contributed by atoms with van der Waals surface area (Å²) in [7, 11) is 1.80. The van der Waals surface area contributed by atoms with Gasteiger partial charge in [-0.15, -0.1) is 0 Å². The second-order valence-electron chi connectivity index (χ2n) is 7.15. The van der Waals surface area contributed by atoms with Crippen LogP contribution in [-0.4, -0.2) is 56.2 Å². The summed E-state index contributed by atoms with van der Waals surface area (Å²) in [6, 6.07) is 2.16. The highest BCUT2D eigenvalue weighted by molar-refractivity contribution is 6.31. The van der Waals surface area contributed by atoms with Crippen molar-refractivity contribution in [2.24, 2.45) is 13.0 Å². The van der Waals surface area contributed by atoms with Crippen molar-refractivity contribution in [2.45, 2.75) is 25.8 Å². The Morgan fingerprint density at radius 1 is 1.33 bits per heavy atom. The number of nitrogens with zero attached hydrogens (tertiary/aromatic N) is 7. The molecule has 1 saturated heterocycles. The van der Waals surface area contributed by atoms with Crippen molar-refractivity contribution >= 4 is 23.5 Å². The number of amides is 1. The average Bonchev–Trinajstić information content (AvgIpc) is 3.41. The van der Waals surface area contributed by atoms with Gasteiger partial charge in [-0.3, -0.25) is 9.48 Å². The second-order valence-corrected chi connectivity index (χ2v) is 7.51. The monoisotopic (exact) mass is 385 g/mol. The number of carbonyl (C=O) groups is 1. The van der Waals surface area contributed by atoms with Crippen LogP contribution in [0.1, 0.15) is 25.3 Å². The van der Waals surface area contributed by atoms with Crippen LogP contribution in [0.3, 0.4) is 0 Å². The van der Waals surface area contributed by atoms with Gasteiger partial charge in [0.15, 0.2) is 5.15 Å². The molecule has 9 heteroatoms. The fourth-order valence-corrected chi connectivity index (χ4v) is 3.65. The fraction of sp³-hybridized carbons (Fsp3) is 0.500. The van der Waals surface area contributed by atoms with Crippen molar-refractivity contribution in [2.75, 3.05) is 24.5 Å². The first-order chi connectivity index (χ1) is 13.0. The predicted octanol–water partition coefficient (Wildman–Crippen LogP) is 1.85. The average molecular weight is 386 g/mol. The lowest BCUT2D eigenvalue weighted by molar-refractivity contribution is -0.134. The molecule has 140 valence electrons. The van der Waals surface area contributed by atoms with Gasteiger partial charge in [-0.2, -0.15) is 15.3 Å². The van der Waals surface area contributed by atoms with Crippen LogP contribution < -0.4 is 4.90 Å². The molecule has 2 aromatic heterocycles. The highest BCUT2D eigenvalue weighted by Gasteiger charge is 2.37. The molecule has 27 heavy (non-hydrogen) atoms. The number of rotatable bonds is 3. The van der Waals surface area contributed by atoms with E-state index in [0.717, 1.165) is 18.4 Å². The van der Waals surface area contributed by atoms with Gasteiger partial charge in [0, 0.05) is 50.4 Å². The topological polar surface area (TPSA) is 90.9 Å². The number of carbonyl (C=O) groups excluding carboxylic acids is 1. The van der Waals surface area contributed by atoms with Gasteiger partial charge in [0.25, 0.3) is 0 Å². The third-order valence-corrected chi connectivity index (χ3v) is 5.34. The zero-order valence-corrected chi connectivity index (χ0v) is 16.0. The molecule has 2 fully saturated rings. The second kappa shape index (κ2) is 6.82. The maximum absolute atomic E-state index is 12.4. The van der Waals surface area contributed by atoms with Crippen LogP contribution in [0.4, 0.5) is 5.95 Å². The van der Waals surface area contributed by atoms with Crippen molar-refractivity contribution in [3.05, 3.63) is 23.1 Å². The Bertz CT molecular complexity index is 930. The minimum absolute atomic E-state index is 0.0757. The van der Waals surface area contributed by atoms with E-state index in [9.17, 15) is 10.1 Å². The molecule has 2 aliphatic rings. The van der Waals surface area contributed by atoms with Crippen molar-refractivity contribution < 1.29 is 4.79 Å². The van der Waals surface area contributed by atoms with E-state index >= 15 is 0 Å². The van der Waals surface area contributed by atoms with Crippen LogP contribution in [0.2, 0.25) is 5.15 Å². The minimum atomic E-state index is 0.0757. The molecule has 1 atom stereocenters. The third-order valence-electron chi connectivity index (χ3n) is 5.06. The lowest BCUT2D eigenvalue weighted by atomic mass is 10.1. The Balaban J connectivity index is 1.62. The molecule has 0 spiro atoms. The van der Waals surface area contributed by atoms with Crippen LogP contribution in [0.5, 0.6) is 0 Å². The van der Waals surface area contributed by atoms with Crippen molar-refractivity contribution in [1.82, 2.24) is 24.6 Å². The van der Waals surface area contributed by atoms with Crippen LogP contribution in [0.25, 0.3) is 11.3 Å². The first-order valence-corrected chi connectivity index (χ1v) is 9.37. The summed E-state index contributed by atoms with van der Waals surface area (Å²) in [4.78, 5) is 25.3. The summed E-state index contributed by atoms with van der Waals surface area (Å²) in [6.07, 6.45) is 5.46. The number of nitriles is 1. The van der Waals surface area contributed by atoms with Gasteiger partial charge in [0.05, 0.1) is 11.9 Å². The molecule has 2 aromatic rings. The molecule has 1 aliphatic carbocycles. The normalized spacial score (nSPS) is 19.9. The smallest absolute Gasteiger partial charge is 0.227 e. The van der Waals surface area contributed by atoms with E-state index in [1.54, 1.807) is 24.1 Å². The van der Waals surface area contributed by atoms with Crippen LogP contribution in [-0.2, 0) is 11.8 Å². The Morgan fingerprint density at radius 2 is 2.11 bits per heavy atom. The van der Waals surface area contributed by atoms with Crippen molar-refractivity contribution in [3.63, 3.8) is 0 Å². The summed E-state index contributed by atoms with van der Waals surface area (Å²) in [5.41, 5.74) is 1.43. The number of hydrogen-bond acceptors (Lipinski definition) is 6. The molecule has 1 aliphatic heterocycles. The highest BCUT2D eigenvalue weighted by atomic mass is 35.5. The molecule has 0 N–H and O–H groups in total. The summed E-state index contributed by atoms with van der Waals surface area (Å²) in [5.74, 6) is 0.956. The van der Waals surface area contributed by atoms with E-state index < -0.39 is 0 Å². The summed E-state index contributed by atoms with van der Waals surface area (Å²) in [5, 5.41) is 13.7. The quantitative estimate of drug-likeness (QED) is 0.749. The lowest BCUT2D eigenvalue weighted by Gasteiger charge is -2.40. The predicted molar refractivity (Wildman–Crippen MR) is 100 cm³/mol. The number of halogens is 1. The molecule has 0 unspecified atom stereocenters. The molecule has 4 rings (SSSR count). The van der Waals surface area contributed by atoms with Gasteiger partial charge >= 0.3 is 0 Å². The van der Waals surface area contributed by atoms with E-state index in [-0.39, 0.29) is 28.6 Å². The molecule has 0 aromatic carbocycles. The first-order valence-electron chi connectivity index (χ1n) is 9.00. The van der Waals surface area contributed by atoms with Crippen LogP contribution in [0.15, 0.2) is 12.4 Å². The molecule has 8 nitrogen and oxygen atoms in total. The zero-order valence-electron chi connectivity index (χ0n) is 15.3. The Labute approximate surface area is 162 Å². The molecular weight excluding hydrogens is 366 g/mol. The Kier molecular flexibility index (Phi) is 4.48. The van der Waals surface area contributed by atoms with E-state index in [4.69, 9.17) is 11.6 Å². The maximum Gasteiger partial charge on any atom is 0.227 e. The fourth-order valence-electron chi connectivity index (χ4n) is 3.45. The largest absolute Gasteiger partial charge is 0.337 e. The number of hydrogen-bond donors (Lipinski definition) is 0. The number of aryl methyl sites for hydroxylation is 1. The summed E-state index contributed by atoms with van der Waals surface area (Å²) in [6.45, 7) is 3.95. The minimum Gasteiger partial charge on any atom is -0.337 e. The van der Waals surface area contributed by atoms with Gasteiger partial charge in [0.1, 0.15) is 11.6 Å². The third kappa shape index (κ3) is 3.35. The number of aromatic nitrogens is 4. The standard InChI is InChI=1S/C18H20ClN7O/c1-11-9-25(5-6-26(11)17(27)12-3-4-12)18-22-15(13-8-21-24(2)10-13)14(7-20)16(19)23-18/h8,10-12H,3-6,9H2,1-2H3/t11-/m1/s1. The van der Waals surface area contributed by atoms with E-state index in [2.05, 4.69) is 21.1 Å². The molecular formula is C18H20ClN7O. The summed E-state index contributed by atoms with van der Waals surface area (Å²) < 4.78 is 1.65. The number of anilines is 1. The maximum atomic E-state index is 12.4. The van der Waals surface area contributed by atoms with Crippen LogP contribution in [0, 0.1) is 17.2 Å². The molecule has 0 radical (unpaired) electrons.